The van der Waals surface area contributed by atoms with Crippen LogP contribution in [0.3, 0.4) is 0 Å². The first kappa shape index (κ1) is 32.0. The van der Waals surface area contributed by atoms with Crippen LogP contribution < -0.4 is 20.3 Å². The fraction of sp³-hybridized carbons (Fsp3) is 0.143. The van der Waals surface area contributed by atoms with Gasteiger partial charge in [0.2, 0.25) is 11.8 Å². The third-order valence-electron chi connectivity index (χ3n) is 6.31. The number of carbonyl (C=O) groups is 4. The van der Waals surface area contributed by atoms with Gasteiger partial charge >= 0.3 is 11.9 Å². The molecule has 0 aliphatic rings. The van der Waals surface area contributed by atoms with Gasteiger partial charge in [-0.15, -0.1) is 0 Å². The summed E-state index contributed by atoms with van der Waals surface area (Å²) in [6.45, 7) is 0. The van der Waals surface area contributed by atoms with Crippen molar-refractivity contribution in [2.75, 3.05) is 0 Å². The normalized spacial score (nSPS) is 10.8. The monoisotopic (exact) mass is 604 g/mol. The average molecular weight is 605 g/mol. The summed E-state index contributed by atoms with van der Waals surface area (Å²) in [6, 6.07) is 30.9. The van der Waals surface area contributed by atoms with Crippen LogP contribution in [-0.2, 0) is 9.59 Å². The van der Waals surface area contributed by atoms with Crippen molar-refractivity contribution in [3.8, 4) is 11.5 Å². The predicted octanol–water partition coefficient (Wildman–Crippen LogP) is 5.68. The van der Waals surface area contributed by atoms with Crippen molar-refractivity contribution in [2.45, 2.75) is 32.1 Å². The summed E-state index contributed by atoms with van der Waals surface area (Å²) in [5.41, 5.74) is 7.35. The van der Waals surface area contributed by atoms with E-state index in [1.807, 2.05) is 12.1 Å². The largest absolute Gasteiger partial charge is 0.423 e. The van der Waals surface area contributed by atoms with Crippen LogP contribution >= 0.6 is 0 Å². The van der Waals surface area contributed by atoms with E-state index in [0.29, 0.717) is 41.9 Å². The number of esters is 2. The molecule has 0 radical (unpaired) electrons. The minimum Gasteiger partial charge on any atom is -0.423 e. The SMILES string of the molecule is O=C(CCCCCC(=O)NN=Cc1ccc(OC(=O)c2ccccc2)cc1)NN=Cc1ccc(OC(=O)c2ccccc2)cc1. The van der Waals surface area contributed by atoms with Gasteiger partial charge in [-0.05, 0) is 96.8 Å². The maximum atomic E-state index is 12.1. The van der Waals surface area contributed by atoms with Crippen molar-refractivity contribution in [1.29, 1.82) is 0 Å². The van der Waals surface area contributed by atoms with Gasteiger partial charge in [0, 0.05) is 12.8 Å². The van der Waals surface area contributed by atoms with Crippen LogP contribution in [0, 0.1) is 0 Å². The molecule has 2 amide bonds. The van der Waals surface area contributed by atoms with Gasteiger partial charge in [-0.3, -0.25) is 9.59 Å². The molecule has 45 heavy (non-hydrogen) atoms. The highest BCUT2D eigenvalue weighted by molar-refractivity contribution is 5.92. The fourth-order valence-electron chi connectivity index (χ4n) is 3.94. The molecule has 4 aromatic carbocycles. The third kappa shape index (κ3) is 11.4. The number of nitrogens with zero attached hydrogens (tertiary/aromatic N) is 2. The number of nitrogens with one attached hydrogen (secondary N) is 2. The smallest absolute Gasteiger partial charge is 0.343 e. The molecule has 0 atom stereocenters. The Balaban J connectivity index is 1.05. The number of ether oxygens (including phenoxy) is 2. The summed E-state index contributed by atoms with van der Waals surface area (Å²) in [5, 5.41) is 7.92. The Hall–Kier alpha value is -5.90. The molecule has 4 rings (SSSR count). The molecule has 10 heteroatoms. The van der Waals surface area contributed by atoms with Gasteiger partial charge in [-0.1, -0.05) is 42.8 Å². The minimum atomic E-state index is -0.442. The number of rotatable bonds is 14. The van der Waals surface area contributed by atoms with Crippen LogP contribution in [0.1, 0.15) is 63.9 Å². The molecule has 2 N–H and O–H groups in total. The summed E-state index contributed by atoms with van der Waals surface area (Å²) >= 11 is 0. The van der Waals surface area contributed by atoms with Crippen LogP contribution in [-0.4, -0.2) is 36.2 Å². The lowest BCUT2D eigenvalue weighted by Gasteiger charge is -2.04. The lowest BCUT2D eigenvalue weighted by atomic mass is 10.1. The van der Waals surface area contributed by atoms with E-state index in [2.05, 4.69) is 21.1 Å². The lowest BCUT2D eigenvalue weighted by Crippen LogP contribution is -2.18. The number of hydrogen-bond donors (Lipinski definition) is 2. The maximum absolute atomic E-state index is 12.1. The van der Waals surface area contributed by atoms with Crippen molar-refractivity contribution < 1.29 is 28.7 Å². The highest BCUT2D eigenvalue weighted by Crippen LogP contribution is 2.15. The highest BCUT2D eigenvalue weighted by atomic mass is 16.5. The number of unbranched alkanes of at least 4 members (excludes halogenated alkanes) is 2. The molecule has 0 saturated carbocycles. The van der Waals surface area contributed by atoms with Gasteiger partial charge in [-0.25, -0.2) is 20.4 Å². The molecule has 4 aromatic rings. The average Bonchev–Trinajstić information content (AvgIpc) is 3.07. The zero-order chi connectivity index (χ0) is 31.7. The summed E-state index contributed by atoms with van der Waals surface area (Å²) in [6.07, 6.45) is 5.48. The first-order valence-corrected chi connectivity index (χ1v) is 14.3. The van der Waals surface area contributed by atoms with Crippen LogP contribution in [0.4, 0.5) is 0 Å². The number of benzene rings is 4. The second-order valence-corrected chi connectivity index (χ2v) is 9.80. The van der Waals surface area contributed by atoms with Crippen LogP contribution in [0.25, 0.3) is 0 Å². The van der Waals surface area contributed by atoms with E-state index in [0.717, 1.165) is 11.1 Å². The van der Waals surface area contributed by atoms with Crippen molar-refractivity contribution in [3.63, 3.8) is 0 Å². The quantitative estimate of drug-likeness (QED) is 0.0626. The van der Waals surface area contributed by atoms with E-state index in [9.17, 15) is 19.2 Å². The summed E-state index contributed by atoms with van der Waals surface area (Å²) in [7, 11) is 0. The molecule has 0 spiro atoms. The zero-order valence-electron chi connectivity index (χ0n) is 24.4. The van der Waals surface area contributed by atoms with Crippen LogP contribution in [0.5, 0.6) is 11.5 Å². The second-order valence-electron chi connectivity index (χ2n) is 9.80. The molecular weight excluding hydrogens is 572 g/mol. The third-order valence-corrected chi connectivity index (χ3v) is 6.31. The van der Waals surface area contributed by atoms with Gasteiger partial charge < -0.3 is 9.47 Å². The van der Waals surface area contributed by atoms with Gasteiger partial charge in [0.25, 0.3) is 0 Å². The fourth-order valence-corrected chi connectivity index (χ4v) is 3.94. The second kappa shape index (κ2) is 17.3. The first-order valence-electron chi connectivity index (χ1n) is 14.3. The van der Waals surface area contributed by atoms with Crippen molar-refractivity contribution in [1.82, 2.24) is 10.9 Å². The lowest BCUT2D eigenvalue weighted by molar-refractivity contribution is -0.121. The van der Waals surface area contributed by atoms with Crippen LogP contribution in [0.15, 0.2) is 119 Å². The molecule has 0 saturated heterocycles. The molecule has 0 aromatic heterocycles. The molecular formula is C35H32N4O6. The Morgan fingerprint density at radius 2 is 0.889 bits per heavy atom. The van der Waals surface area contributed by atoms with Gasteiger partial charge in [-0.2, -0.15) is 10.2 Å². The number of hydrazone groups is 2. The van der Waals surface area contributed by atoms with E-state index in [-0.39, 0.29) is 24.7 Å². The van der Waals surface area contributed by atoms with Gasteiger partial charge in [0.15, 0.2) is 0 Å². The molecule has 10 nitrogen and oxygen atoms in total. The Morgan fingerprint density at radius 3 is 1.27 bits per heavy atom. The molecule has 0 bridgehead atoms. The topological polar surface area (TPSA) is 136 Å². The molecule has 0 fully saturated rings. The van der Waals surface area contributed by atoms with Crippen LogP contribution in [0.2, 0.25) is 0 Å². The molecule has 228 valence electrons. The Morgan fingerprint density at radius 1 is 0.511 bits per heavy atom. The van der Waals surface area contributed by atoms with E-state index in [4.69, 9.17) is 9.47 Å². The van der Waals surface area contributed by atoms with E-state index in [1.54, 1.807) is 97.1 Å². The van der Waals surface area contributed by atoms with E-state index >= 15 is 0 Å². The Labute approximate surface area is 260 Å². The molecule has 0 heterocycles. The standard InChI is InChI=1S/C35H32N4O6/c40-32(38-36-24-26-16-20-30(21-17-26)44-34(42)28-10-4-1-5-11-28)14-8-3-9-15-33(41)39-37-25-27-18-22-31(23-19-27)45-35(43)29-12-6-2-7-13-29/h1-2,4-7,10-13,16-25H,3,8-9,14-15H2,(H,38,40)(H,39,41). The van der Waals surface area contributed by atoms with Crippen molar-refractivity contribution in [2.24, 2.45) is 10.2 Å². The van der Waals surface area contributed by atoms with Crippen molar-refractivity contribution >= 4 is 36.2 Å². The molecule has 0 aliphatic carbocycles. The van der Waals surface area contributed by atoms with Gasteiger partial charge in [0.1, 0.15) is 11.5 Å². The molecule has 0 aliphatic heterocycles. The summed E-state index contributed by atoms with van der Waals surface area (Å²) in [5.74, 6) is -0.531. The Kier molecular flexibility index (Phi) is 12.3. The summed E-state index contributed by atoms with van der Waals surface area (Å²) < 4.78 is 10.7. The summed E-state index contributed by atoms with van der Waals surface area (Å²) in [4.78, 5) is 48.4. The predicted molar refractivity (Wildman–Crippen MR) is 170 cm³/mol. The van der Waals surface area contributed by atoms with E-state index in [1.165, 1.54) is 12.4 Å². The minimum absolute atomic E-state index is 0.227. The number of hydrogen-bond acceptors (Lipinski definition) is 8. The number of amides is 2. The maximum Gasteiger partial charge on any atom is 0.343 e. The molecule has 0 unspecified atom stereocenters. The van der Waals surface area contributed by atoms with Gasteiger partial charge in [0.05, 0.1) is 23.6 Å². The Bertz CT molecular complexity index is 1500. The first-order chi connectivity index (χ1) is 22.0. The number of carbonyl (C=O) groups excluding carboxylic acids is 4. The van der Waals surface area contributed by atoms with E-state index < -0.39 is 11.9 Å². The highest BCUT2D eigenvalue weighted by Gasteiger charge is 2.09. The van der Waals surface area contributed by atoms with Crippen molar-refractivity contribution in [3.05, 3.63) is 131 Å². The zero-order valence-corrected chi connectivity index (χ0v) is 24.4.